The van der Waals surface area contributed by atoms with E-state index in [1.165, 1.54) is 19.3 Å². The Labute approximate surface area is 168 Å². The van der Waals surface area contributed by atoms with Crippen LogP contribution in [0.4, 0.5) is 10.9 Å². The van der Waals surface area contributed by atoms with Crippen LogP contribution < -0.4 is 19.7 Å². The van der Waals surface area contributed by atoms with Crippen molar-refractivity contribution in [2.45, 2.75) is 31.6 Å². The Morgan fingerprint density at radius 3 is 2.89 bits per heavy atom. The van der Waals surface area contributed by atoms with Crippen molar-refractivity contribution in [3.8, 4) is 23.8 Å². The van der Waals surface area contributed by atoms with E-state index in [-0.39, 0.29) is 18.4 Å². The molecule has 0 saturated carbocycles. The number of methoxy groups -OCH3 is 1. The van der Waals surface area contributed by atoms with Gasteiger partial charge < -0.3 is 19.7 Å². The second-order valence-corrected chi connectivity index (χ2v) is 7.97. The van der Waals surface area contributed by atoms with Gasteiger partial charge in [-0.3, -0.25) is 4.79 Å². The molecular formula is C21H23N3O3S. The number of thiazole rings is 1. The number of aromatic nitrogens is 1. The lowest BCUT2D eigenvalue weighted by atomic mass is 9.91. The first kappa shape index (κ1) is 18.6. The van der Waals surface area contributed by atoms with Crippen molar-refractivity contribution in [2.75, 3.05) is 37.0 Å². The van der Waals surface area contributed by atoms with Crippen molar-refractivity contribution < 1.29 is 14.3 Å². The molecule has 28 heavy (non-hydrogen) atoms. The van der Waals surface area contributed by atoms with E-state index in [1.54, 1.807) is 18.4 Å². The van der Waals surface area contributed by atoms with E-state index in [0.29, 0.717) is 23.7 Å². The highest BCUT2D eigenvalue weighted by atomic mass is 32.1. The molecule has 1 aromatic carbocycles. The Bertz CT molecular complexity index is 912. The van der Waals surface area contributed by atoms with Gasteiger partial charge in [0.15, 0.2) is 16.6 Å². The van der Waals surface area contributed by atoms with Gasteiger partial charge in [0.1, 0.15) is 12.4 Å². The maximum Gasteiger partial charge on any atom is 0.226 e. The zero-order chi connectivity index (χ0) is 19.5. The van der Waals surface area contributed by atoms with E-state index >= 15 is 0 Å². The molecule has 7 heteroatoms. The Hall–Kier alpha value is -2.72. The molecule has 0 bridgehead atoms. The number of amides is 1. The molecule has 2 aliphatic rings. The first-order chi connectivity index (χ1) is 13.7. The van der Waals surface area contributed by atoms with Crippen LogP contribution in [0.2, 0.25) is 0 Å². The molecule has 1 N–H and O–H groups in total. The summed E-state index contributed by atoms with van der Waals surface area (Å²) >= 11 is 1.68. The van der Waals surface area contributed by atoms with Crippen LogP contribution in [0.5, 0.6) is 11.5 Å². The van der Waals surface area contributed by atoms with Gasteiger partial charge in [0, 0.05) is 25.4 Å². The molecule has 1 saturated heterocycles. The first-order valence-corrected chi connectivity index (χ1v) is 10.3. The molecule has 3 heterocycles. The third kappa shape index (κ3) is 3.65. The lowest BCUT2D eigenvalue weighted by molar-refractivity contribution is -0.116. The third-order valence-corrected chi connectivity index (χ3v) is 6.36. The number of nitrogens with one attached hydrogen (secondary N) is 1. The fourth-order valence-electron chi connectivity index (χ4n) is 3.74. The smallest absolute Gasteiger partial charge is 0.226 e. The molecule has 2 aliphatic heterocycles. The average Bonchev–Trinajstić information content (AvgIpc) is 3.16. The summed E-state index contributed by atoms with van der Waals surface area (Å²) in [7, 11) is 1.60. The van der Waals surface area contributed by atoms with Crippen molar-refractivity contribution >= 4 is 28.2 Å². The summed E-state index contributed by atoms with van der Waals surface area (Å²) in [6.45, 7) is 2.24. The summed E-state index contributed by atoms with van der Waals surface area (Å²) in [5.74, 6) is 4.30. The second-order valence-electron chi connectivity index (χ2n) is 6.96. The van der Waals surface area contributed by atoms with E-state index in [0.717, 1.165) is 28.7 Å². The van der Waals surface area contributed by atoms with Crippen molar-refractivity contribution in [3.05, 3.63) is 28.6 Å². The highest BCUT2D eigenvalue weighted by molar-refractivity contribution is 7.16. The molecular weight excluding hydrogens is 374 g/mol. The van der Waals surface area contributed by atoms with Gasteiger partial charge in [-0.25, -0.2) is 4.98 Å². The number of rotatable bonds is 5. The van der Waals surface area contributed by atoms with E-state index in [9.17, 15) is 4.79 Å². The Balaban J connectivity index is 1.66. The monoisotopic (exact) mass is 397 g/mol. The van der Waals surface area contributed by atoms with Gasteiger partial charge in [0.25, 0.3) is 0 Å². The number of ether oxygens (including phenoxy) is 2. The van der Waals surface area contributed by atoms with Crippen molar-refractivity contribution in [1.82, 2.24) is 4.98 Å². The maximum atomic E-state index is 12.3. The zero-order valence-electron chi connectivity index (χ0n) is 15.9. The van der Waals surface area contributed by atoms with Crippen LogP contribution in [-0.2, 0) is 4.79 Å². The highest BCUT2D eigenvalue weighted by Crippen LogP contribution is 2.45. The van der Waals surface area contributed by atoms with Crippen LogP contribution >= 0.6 is 11.3 Å². The highest BCUT2D eigenvalue weighted by Gasteiger charge is 2.32. The van der Waals surface area contributed by atoms with Gasteiger partial charge in [-0.1, -0.05) is 23.3 Å². The normalized spacial score (nSPS) is 18.8. The lowest BCUT2D eigenvalue weighted by Crippen LogP contribution is -2.29. The molecule has 1 fully saturated rings. The van der Waals surface area contributed by atoms with Gasteiger partial charge in [-0.2, -0.15) is 0 Å². The molecule has 0 aliphatic carbocycles. The number of anilines is 2. The number of carbonyl (C=O) groups excluding carboxylic acids is 1. The van der Waals surface area contributed by atoms with Crippen LogP contribution in [0.15, 0.2) is 18.2 Å². The number of hydrogen-bond donors (Lipinski definition) is 1. The average molecular weight is 398 g/mol. The van der Waals surface area contributed by atoms with Gasteiger partial charge in [-0.05, 0) is 37.0 Å². The molecule has 1 aromatic heterocycles. The number of fused-ring (bicyclic) bond motifs is 1. The summed E-state index contributed by atoms with van der Waals surface area (Å²) in [6.07, 6.45) is 9.32. The second kappa shape index (κ2) is 8.11. The van der Waals surface area contributed by atoms with E-state index in [4.69, 9.17) is 20.9 Å². The predicted molar refractivity (Wildman–Crippen MR) is 111 cm³/mol. The number of terminal acetylenes is 1. The van der Waals surface area contributed by atoms with E-state index in [2.05, 4.69) is 16.1 Å². The Morgan fingerprint density at radius 2 is 2.14 bits per heavy atom. The van der Waals surface area contributed by atoms with Crippen molar-refractivity contribution in [3.63, 3.8) is 0 Å². The standard InChI is InChI=1S/C21H23N3O3S/c1-3-11-27-16-8-7-14(12-17(16)26-2)15-13-18(25)22-20-19(15)28-21(23-20)24-9-5-4-6-10-24/h1,7-8,12,15H,4-6,9-11,13H2,2H3,(H,22,25). The summed E-state index contributed by atoms with van der Waals surface area (Å²) in [5, 5.41) is 3.94. The number of carbonyl (C=O) groups is 1. The molecule has 2 aromatic rings. The minimum atomic E-state index is -0.0459. The molecule has 4 rings (SSSR count). The van der Waals surface area contributed by atoms with Crippen LogP contribution in [0.3, 0.4) is 0 Å². The van der Waals surface area contributed by atoms with Crippen LogP contribution in [0.1, 0.15) is 42.0 Å². The molecule has 1 atom stereocenters. The van der Waals surface area contributed by atoms with Crippen LogP contribution in [0, 0.1) is 12.3 Å². The molecule has 0 radical (unpaired) electrons. The van der Waals surface area contributed by atoms with E-state index < -0.39 is 0 Å². The molecule has 1 unspecified atom stereocenters. The molecule has 6 nitrogen and oxygen atoms in total. The van der Waals surface area contributed by atoms with E-state index in [1.807, 2.05) is 18.2 Å². The minimum Gasteiger partial charge on any atom is -0.493 e. The maximum absolute atomic E-state index is 12.3. The summed E-state index contributed by atoms with van der Waals surface area (Å²) in [4.78, 5) is 20.5. The first-order valence-electron chi connectivity index (χ1n) is 9.49. The lowest BCUT2D eigenvalue weighted by Gasteiger charge is -2.25. The number of hydrogen-bond acceptors (Lipinski definition) is 6. The fraction of sp³-hybridized carbons (Fsp3) is 0.429. The van der Waals surface area contributed by atoms with Crippen molar-refractivity contribution in [2.24, 2.45) is 0 Å². The number of piperidine rings is 1. The largest absolute Gasteiger partial charge is 0.493 e. The molecule has 0 spiro atoms. The third-order valence-electron chi connectivity index (χ3n) is 5.13. The summed E-state index contributed by atoms with van der Waals surface area (Å²) in [5.41, 5.74) is 1.01. The van der Waals surface area contributed by atoms with Gasteiger partial charge in [0.2, 0.25) is 5.91 Å². The van der Waals surface area contributed by atoms with Crippen molar-refractivity contribution in [1.29, 1.82) is 0 Å². The predicted octanol–water partition coefficient (Wildman–Crippen LogP) is 3.63. The number of benzene rings is 1. The topological polar surface area (TPSA) is 63.7 Å². The van der Waals surface area contributed by atoms with Gasteiger partial charge in [0.05, 0.1) is 12.0 Å². The quantitative estimate of drug-likeness (QED) is 0.781. The number of nitrogens with zero attached hydrogens (tertiary/aromatic N) is 2. The van der Waals surface area contributed by atoms with Crippen LogP contribution in [-0.4, -0.2) is 37.7 Å². The zero-order valence-corrected chi connectivity index (χ0v) is 16.7. The SMILES string of the molecule is C#CCOc1ccc(C2CC(=O)Nc3nc(N4CCCCC4)sc32)cc1OC. The molecule has 146 valence electrons. The summed E-state index contributed by atoms with van der Waals surface area (Å²) in [6, 6.07) is 5.76. The van der Waals surface area contributed by atoms with Crippen LogP contribution in [0.25, 0.3) is 0 Å². The Morgan fingerprint density at radius 1 is 1.32 bits per heavy atom. The molecule has 1 amide bonds. The Kier molecular flexibility index (Phi) is 5.40. The minimum absolute atomic E-state index is 0.0142. The summed E-state index contributed by atoms with van der Waals surface area (Å²) < 4.78 is 11.0. The van der Waals surface area contributed by atoms with Gasteiger partial charge >= 0.3 is 0 Å². The fourth-order valence-corrected chi connectivity index (χ4v) is 4.94. The van der Waals surface area contributed by atoms with Gasteiger partial charge in [-0.15, -0.1) is 6.42 Å².